The lowest BCUT2D eigenvalue weighted by Crippen LogP contribution is -2.39. The van der Waals surface area contributed by atoms with E-state index in [4.69, 9.17) is 20.8 Å². The summed E-state index contributed by atoms with van der Waals surface area (Å²) in [6.45, 7) is 8.01. The van der Waals surface area contributed by atoms with E-state index in [-0.39, 0.29) is 12.2 Å². The predicted octanol–water partition coefficient (Wildman–Crippen LogP) is 6.60. The number of benzene rings is 2. The number of fused-ring (bicyclic) bond motifs is 1. The summed E-state index contributed by atoms with van der Waals surface area (Å²) in [5, 5.41) is 0.577. The number of furan rings is 1. The van der Waals surface area contributed by atoms with Crippen LogP contribution >= 0.6 is 38.9 Å². The number of carbonyl (C=O) groups is 1. The van der Waals surface area contributed by atoms with Crippen molar-refractivity contribution in [2.45, 2.75) is 39.7 Å². The largest absolute Gasteiger partial charge is 0.463 e. The Balaban J connectivity index is 1.62. The molecule has 6 nitrogen and oxygen atoms in total. The van der Waals surface area contributed by atoms with Crippen molar-refractivity contribution in [1.29, 1.82) is 0 Å². The molecule has 0 saturated heterocycles. The third-order valence-electron chi connectivity index (χ3n) is 6.54. The van der Waals surface area contributed by atoms with Crippen LogP contribution in [0.3, 0.4) is 0 Å². The van der Waals surface area contributed by atoms with E-state index in [0.717, 1.165) is 15.6 Å². The fraction of sp³-hybridized carbons (Fsp3) is 0.233. The molecular weight excluding hydrogens is 600 g/mol. The zero-order chi connectivity index (χ0) is 27.8. The van der Waals surface area contributed by atoms with Gasteiger partial charge in [0.25, 0.3) is 5.56 Å². The molecule has 9 heteroatoms. The van der Waals surface area contributed by atoms with Gasteiger partial charge in [-0.05, 0) is 71.1 Å². The van der Waals surface area contributed by atoms with Crippen LogP contribution in [0.15, 0.2) is 84.5 Å². The van der Waals surface area contributed by atoms with E-state index >= 15 is 0 Å². The molecule has 4 aromatic rings. The molecule has 3 heterocycles. The van der Waals surface area contributed by atoms with E-state index in [0.29, 0.717) is 43.1 Å². The number of ether oxygens (including phenoxy) is 1. The number of halogens is 2. The molecule has 1 aliphatic rings. The second-order valence-corrected chi connectivity index (χ2v) is 11.7. The number of carbonyl (C=O) groups excluding carboxylic acids is 1. The number of esters is 1. The minimum atomic E-state index is -0.652. The fourth-order valence-corrected chi connectivity index (χ4v) is 5.99. The first kappa shape index (κ1) is 27.4. The Kier molecular flexibility index (Phi) is 7.80. The molecule has 1 aliphatic heterocycles. The number of aromatic nitrogens is 1. The lowest BCUT2D eigenvalue weighted by molar-refractivity contribution is -0.139. The van der Waals surface area contributed by atoms with Crippen molar-refractivity contribution in [3.63, 3.8) is 0 Å². The molecule has 200 valence electrons. The molecule has 2 aromatic carbocycles. The SMILES string of the molecule is CCOC(=O)C1=C(C)N=c2sc(=Cc3ccc(-c4ccc(Br)c(Cl)c4)o3)c(=O)n2C1c1ccc(C(C)C)cc1. The molecular formula is C30H26BrClN2O4S. The first-order chi connectivity index (χ1) is 18.7. The van der Waals surface area contributed by atoms with Gasteiger partial charge in [0.15, 0.2) is 4.80 Å². The lowest BCUT2D eigenvalue weighted by Gasteiger charge is -2.25. The molecule has 0 fully saturated rings. The van der Waals surface area contributed by atoms with Crippen LogP contribution < -0.4 is 14.9 Å². The zero-order valence-corrected chi connectivity index (χ0v) is 25.0. The van der Waals surface area contributed by atoms with Crippen molar-refractivity contribution in [3.8, 4) is 11.3 Å². The summed E-state index contributed by atoms with van der Waals surface area (Å²) in [6, 6.07) is 16.6. The molecule has 0 saturated carbocycles. The van der Waals surface area contributed by atoms with Crippen molar-refractivity contribution in [1.82, 2.24) is 4.57 Å². The highest BCUT2D eigenvalue weighted by atomic mass is 79.9. The van der Waals surface area contributed by atoms with Gasteiger partial charge < -0.3 is 9.15 Å². The number of nitrogens with zero attached hydrogens (tertiary/aromatic N) is 2. The third-order valence-corrected chi connectivity index (χ3v) is 8.76. The van der Waals surface area contributed by atoms with Crippen LogP contribution in [0.25, 0.3) is 17.4 Å². The van der Waals surface area contributed by atoms with Crippen LogP contribution in [-0.4, -0.2) is 17.1 Å². The van der Waals surface area contributed by atoms with Gasteiger partial charge >= 0.3 is 5.97 Å². The molecule has 1 atom stereocenters. The Bertz CT molecular complexity index is 1780. The average Bonchev–Trinajstić information content (AvgIpc) is 3.49. The zero-order valence-electron chi connectivity index (χ0n) is 21.8. The molecule has 39 heavy (non-hydrogen) atoms. The first-order valence-corrected chi connectivity index (χ1v) is 14.5. The molecule has 0 amide bonds. The maximum absolute atomic E-state index is 13.8. The van der Waals surface area contributed by atoms with Gasteiger partial charge in [-0.2, -0.15) is 0 Å². The summed E-state index contributed by atoms with van der Waals surface area (Å²) in [6.07, 6.45) is 1.70. The van der Waals surface area contributed by atoms with Gasteiger partial charge in [0.1, 0.15) is 11.5 Å². The Hall–Kier alpha value is -3.20. The summed E-state index contributed by atoms with van der Waals surface area (Å²) < 4.78 is 14.2. The number of allylic oxidation sites excluding steroid dienone is 1. The van der Waals surface area contributed by atoms with Crippen LogP contribution in [0.1, 0.15) is 56.5 Å². The van der Waals surface area contributed by atoms with E-state index in [9.17, 15) is 9.59 Å². The third kappa shape index (κ3) is 5.33. The summed E-state index contributed by atoms with van der Waals surface area (Å²) in [5.74, 6) is 1.03. The summed E-state index contributed by atoms with van der Waals surface area (Å²) in [4.78, 5) is 32.0. The minimum absolute atomic E-state index is 0.226. The van der Waals surface area contributed by atoms with Crippen molar-refractivity contribution < 1.29 is 13.9 Å². The van der Waals surface area contributed by atoms with E-state index in [1.807, 2.05) is 48.5 Å². The number of thiazole rings is 1. The highest BCUT2D eigenvalue weighted by Crippen LogP contribution is 2.32. The maximum Gasteiger partial charge on any atom is 0.338 e. The van der Waals surface area contributed by atoms with Crippen molar-refractivity contribution in [2.24, 2.45) is 4.99 Å². The van der Waals surface area contributed by atoms with Crippen molar-refractivity contribution in [2.75, 3.05) is 6.61 Å². The van der Waals surface area contributed by atoms with E-state index in [1.165, 1.54) is 16.9 Å². The lowest BCUT2D eigenvalue weighted by atomic mass is 9.93. The standard InChI is InChI=1S/C30H26BrClN2O4S/c1-5-37-29(36)26-17(4)33-30-34(27(26)19-8-6-18(7-9-19)16(2)3)28(35)25(39-30)15-21-11-13-24(38-21)20-10-12-22(31)23(32)14-20/h6-16,27H,5H2,1-4H3. The van der Waals surface area contributed by atoms with Crippen LogP contribution in [-0.2, 0) is 9.53 Å². The van der Waals surface area contributed by atoms with E-state index < -0.39 is 12.0 Å². The predicted molar refractivity (Wildman–Crippen MR) is 158 cm³/mol. The Labute approximate surface area is 243 Å². The van der Waals surface area contributed by atoms with E-state index in [1.54, 1.807) is 30.6 Å². The minimum Gasteiger partial charge on any atom is -0.463 e. The first-order valence-electron chi connectivity index (χ1n) is 12.5. The molecule has 5 rings (SSSR count). The smallest absolute Gasteiger partial charge is 0.338 e. The monoisotopic (exact) mass is 624 g/mol. The molecule has 0 spiro atoms. The van der Waals surface area contributed by atoms with E-state index in [2.05, 4.69) is 34.8 Å². The van der Waals surface area contributed by atoms with Crippen LogP contribution in [0, 0.1) is 0 Å². The molecule has 0 bridgehead atoms. The maximum atomic E-state index is 13.8. The molecule has 0 radical (unpaired) electrons. The number of hydrogen-bond acceptors (Lipinski definition) is 6. The Morgan fingerprint density at radius 1 is 1.21 bits per heavy atom. The van der Waals surface area contributed by atoms with Crippen LogP contribution in [0.4, 0.5) is 0 Å². The summed E-state index contributed by atoms with van der Waals surface area (Å²) in [7, 11) is 0. The average molecular weight is 626 g/mol. The second kappa shape index (κ2) is 11.1. The Morgan fingerprint density at radius 3 is 2.62 bits per heavy atom. The Morgan fingerprint density at radius 2 is 1.95 bits per heavy atom. The highest BCUT2D eigenvalue weighted by Gasteiger charge is 2.33. The normalized spacial score (nSPS) is 15.5. The molecule has 0 aliphatic carbocycles. The number of hydrogen-bond donors (Lipinski definition) is 0. The highest BCUT2D eigenvalue weighted by molar-refractivity contribution is 9.10. The molecule has 2 aromatic heterocycles. The van der Waals surface area contributed by atoms with Gasteiger partial charge in [-0.15, -0.1) is 0 Å². The number of rotatable bonds is 6. The van der Waals surface area contributed by atoms with Crippen LogP contribution in [0.2, 0.25) is 5.02 Å². The summed E-state index contributed by atoms with van der Waals surface area (Å²) in [5.41, 5.74) is 3.45. The molecule has 1 unspecified atom stereocenters. The second-order valence-electron chi connectivity index (χ2n) is 9.45. The quantitative estimate of drug-likeness (QED) is 0.227. The summed E-state index contributed by atoms with van der Waals surface area (Å²) >= 11 is 10.9. The van der Waals surface area contributed by atoms with Gasteiger partial charge in [0, 0.05) is 16.1 Å². The van der Waals surface area contributed by atoms with Gasteiger partial charge in [-0.25, -0.2) is 9.79 Å². The van der Waals surface area contributed by atoms with Crippen molar-refractivity contribution in [3.05, 3.63) is 112 Å². The van der Waals surface area contributed by atoms with Crippen LogP contribution in [0.5, 0.6) is 0 Å². The van der Waals surface area contributed by atoms with Gasteiger partial charge in [0.2, 0.25) is 0 Å². The van der Waals surface area contributed by atoms with Gasteiger partial charge in [0.05, 0.1) is 33.5 Å². The van der Waals surface area contributed by atoms with Gasteiger partial charge in [-0.1, -0.05) is 67.1 Å². The molecule has 0 N–H and O–H groups in total. The topological polar surface area (TPSA) is 73.8 Å². The van der Waals surface area contributed by atoms with Crippen molar-refractivity contribution >= 4 is 50.9 Å². The van der Waals surface area contributed by atoms with Gasteiger partial charge in [-0.3, -0.25) is 9.36 Å². The fourth-order valence-electron chi connectivity index (χ4n) is 4.53.